The molecule has 0 aliphatic heterocycles. The number of hydrogen-bond acceptors (Lipinski definition) is 4. The summed E-state index contributed by atoms with van der Waals surface area (Å²) in [6.45, 7) is 0. The summed E-state index contributed by atoms with van der Waals surface area (Å²) in [4.78, 5) is 4.82. The lowest BCUT2D eigenvalue weighted by atomic mass is 9.92. The number of anilines is 6. The number of nitrogens with zero attached hydrogens (tertiary/aromatic N) is 2. The highest BCUT2D eigenvalue weighted by Crippen LogP contribution is 2.51. The van der Waals surface area contributed by atoms with Crippen LogP contribution >= 0.6 is 0 Å². The van der Waals surface area contributed by atoms with E-state index in [1.165, 1.54) is 65.2 Å². The summed E-state index contributed by atoms with van der Waals surface area (Å²) in [6, 6.07) is 141. The van der Waals surface area contributed by atoms with Gasteiger partial charge in [-0.2, -0.15) is 0 Å². The van der Waals surface area contributed by atoms with Gasteiger partial charge in [0.1, 0.15) is 22.3 Å². The van der Waals surface area contributed by atoms with Gasteiger partial charge in [-0.05, 0) is 218 Å². The van der Waals surface area contributed by atoms with Crippen LogP contribution in [0, 0.1) is 0 Å². The summed E-state index contributed by atoms with van der Waals surface area (Å²) in [5.74, 6) is 0. The van der Waals surface area contributed by atoms with Gasteiger partial charge < -0.3 is 18.6 Å². The predicted octanol–water partition coefficient (Wildman–Crippen LogP) is 29.3. The Bertz CT molecular complexity index is 7070. The monoisotopic (exact) mass is 1350 g/mol. The first kappa shape index (κ1) is 60.7. The number of rotatable bonds is 12. The highest BCUT2D eigenvalue weighted by Gasteiger charge is 2.26. The normalized spacial score (nSPS) is 11.8. The van der Waals surface area contributed by atoms with E-state index in [0.29, 0.717) is 0 Å². The van der Waals surface area contributed by atoms with Crippen LogP contribution in [-0.4, -0.2) is 0 Å². The van der Waals surface area contributed by atoms with Crippen LogP contribution in [0.15, 0.2) is 397 Å². The van der Waals surface area contributed by atoms with Crippen molar-refractivity contribution in [1.82, 2.24) is 0 Å². The maximum absolute atomic E-state index is 6.95. The molecule has 0 saturated carbocycles. The molecular formula is C102H64N2O2. The molecule has 19 aromatic carbocycles. The third-order valence-corrected chi connectivity index (χ3v) is 21.8. The van der Waals surface area contributed by atoms with Gasteiger partial charge in [-0.15, -0.1) is 0 Å². The van der Waals surface area contributed by atoms with Crippen LogP contribution in [0.2, 0.25) is 0 Å². The van der Waals surface area contributed by atoms with Crippen LogP contribution in [0.5, 0.6) is 0 Å². The summed E-state index contributed by atoms with van der Waals surface area (Å²) in [5.41, 5.74) is 23.6. The van der Waals surface area contributed by atoms with Gasteiger partial charge in [0.25, 0.3) is 0 Å². The van der Waals surface area contributed by atoms with Gasteiger partial charge in [0.15, 0.2) is 0 Å². The summed E-state index contributed by atoms with van der Waals surface area (Å²) < 4.78 is 13.5. The molecule has 2 aromatic heterocycles. The Hall–Kier alpha value is -14.1. The molecule has 0 saturated heterocycles. The molecule has 494 valence electrons. The Balaban J connectivity index is 0.607. The van der Waals surface area contributed by atoms with Crippen LogP contribution < -0.4 is 9.80 Å². The van der Waals surface area contributed by atoms with Crippen LogP contribution in [-0.2, 0) is 0 Å². The molecule has 0 bridgehead atoms. The van der Waals surface area contributed by atoms with Gasteiger partial charge in [0.2, 0.25) is 0 Å². The number of hydrogen-bond donors (Lipinski definition) is 0. The first-order chi connectivity index (χ1) is 52.5. The molecule has 0 radical (unpaired) electrons. The summed E-state index contributed by atoms with van der Waals surface area (Å²) in [6.07, 6.45) is 0. The van der Waals surface area contributed by atoms with E-state index in [0.717, 1.165) is 144 Å². The van der Waals surface area contributed by atoms with E-state index in [9.17, 15) is 0 Å². The Labute approximate surface area is 612 Å². The molecule has 4 nitrogen and oxygen atoms in total. The maximum Gasteiger partial charge on any atom is 0.136 e. The van der Waals surface area contributed by atoms with Crippen LogP contribution in [0.4, 0.5) is 34.1 Å². The third-order valence-electron chi connectivity index (χ3n) is 21.8. The maximum atomic E-state index is 6.95. The van der Waals surface area contributed by atoms with Gasteiger partial charge >= 0.3 is 0 Å². The Morgan fingerprint density at radius 1 is 0.160 bits per heavy atom. The van der Waals surface area contributed by atoms with Crippen molar-refractivity contribution in [2.45, 2.75) is 0 Å². The average molecular weight is 1350 g/mol. The van der Waals surface area contributed by atoms with E-state index in [1.54, 1.807) is 0 Å². The van der Waals surface area contributed by atoms with Gasteiger partial charge in [0.05, 0.1) is 17.1 Å². The van der Waals surface area contributed by atoms with Gasteiger partial charge in [-0.25, -0.2) is 0 Å². The van der Waals surface area contributed by atoms with Crippen molar-refractivity contribution in [2.24, 2.45) is 0 Å². The standard InChI is InChI=1S/C102H64N2O2/c1-3-21-65(22-4-1)83-29-11-14-38-94(83)104(78-54-47-68(48-55-78)80-32-17-34-84-79-28-10-9-23-66(79)49-57-86(80)84)96-40-16-13-31-89(96)91-37-20-42-98-102(91)93-62-73-44-43-71(60-75(73)64-100(93)106-98)72-50-56-82-74(59-72)51-58-87-81(33-18-35-85(82)87)67-45-52-77(53-46-67)103(76-26-5-2-6-27-76)95-39-15-12-30-88(95)90-36-19-41-97-101(90)92-61-69-24-7-8-25-70(69)63-99(92)105-97/h1-64H. The van der Waals surface area contributed by atoms with E-state index in [1.807, 2.05) is 0 Å². The lowest BCUT2D eigenvalue weighted by molar-refractivity contribution is 0.669. The van der Waals surface area contributed by atoms with Crippen molar-refractivity contribution < 1.29 is 8.83 Å². The quantitative estimate of drug-likeness (QED) is 0.114. The fraction of sp³-hybridized carbons (Fsp3) is 0. The first-order valence-corrected chi connectivity index (χ1v) is 36.3. The van der Waals surface area contributed by atoms with Crippen LogP contribution in [0.1, 0.15) is 0 Å². The summed E-state index contributed by atoms with van der Waals surface area (Å²) in [7, 11) is 0. The molecule has 0 fully saturated rings. The summed E-state index contributed by atoms with van der Waals surface area (Å²) in [5, 5.41) is 18.9. The molecule has 0 aliphatic carbocycles. The zero-order chi connectivity index (χ0) is 69.8. The van der Waals surface area contributed by atoms with E-state index in [4.69, 9.17) is 8.83 Å². The average Bonchev–Trinajstić information content (AvgIpc) is 1.35. The van der Waals surface area contributed by atoms with Gasteiger partial charge in [0, 0.05) is 55.3 Å². The number of benzene rings is 19. The van der Waals surface area contributed by atoms with Crippen LogP contribution in [0.25, 0.3) is 175 Å². The number of furan rings is 2. The van der Waals surface area contributed by atoms with Crippen LogP contribution in [0.3, 0.4) is 0 Å². The molecule has 106 heavy (non-hydrogen) atoms. The molecule has 21 rings (SSSR count). The highest BCUT2D eigenvalue weighted by molar-refractivity contribution is 6.20. The minimum absolute atomic E-state index is 0.846. The molecule has 2 heterocycles. The van der Waals surface area contributed by atoms with E-state index in [2.05, 4.69) is 398 Å². The molecule has 21 aromatic rings. The number of para-hydroxylation sites is 4. The van der Waals surface area contributed by atoms with E-state index >= 15 is 0 Å². The molecular weight excluding hydrogens is 1290 g/mol. The zero-order valence-corrected chi connectivity index (χ0v) is 57.7. The summed E-state index contributed by atoms with van der Waals surface area (Å²) >= 11 is 0. The van der Waals surface area contributed by atoms with Crippen molar-refractivity contribution >= 4 is 143 Å². The third kappa shape index (κ3) is 10.1. The lowest BCUT2D eigenvalue weighted by Gasteiger charge is -2.30. The highest BCUT2D eigenvalue weighted by atomic mass is 16.3. The van der Waals surface area contributed by atoms with Crippen molar-refractivity contribution in [3.05, 3.63) is 388 Å². The van der Waals surface area contributed by atoms with Crippen molar-refractivity contribution in [3.8, 4) is 66.8 Å². The second kappa shape index (κ2) is 24.9. The fourth-order valence-corrected chi connectivity index (χ4v) is 16.8. The lowest BCUT2D eigenvalue weighted by Crippen LogP contribution is -2.12. The molecule has 0 aliphatic rings. The SMILES string of the molecule is c1ccc(-c2ccccc2N(c2ccc(-c3cccc4c3ccc3ccccc34)cc2)c2ccccc2-c2cccc3oc4cc5cc(-c6ccc7c(ccc8c(-c9ccc(N(c%10ccccc%10)c%10ccccc%10-c%10cccc%11oc%12cc%13ccccc%13cc%12c%10%11)cc9)cccc87)c6)ccc5cc4c23)cc1. The minimum Gasteiger partial charge on any atom is -0.456 e. The fourth-order valence-electron chi connectivity index (χ4n) is 16.8. The molecule has 4 heteroatoms. The smallest absolute Gasteiger partial charge is 0.136 e. The van der Waals surface area contributed by atoms with Crippen molar-refractivity contribution in [2.75, 3.05) is 9.80 Å². The minimum atomic E-state index is 0.846. The molecule has 0 spiro atoms. The zero-order valence-electron chi connectivity index (χ0n) is 57.7. The second-order valence-electron chi connectivity index (χ2n) is 27.8. The van der Waals surface area contributed by atoms with E-state index < -0.39 is 0 Å². The Kier molecular flexibility index (Phi) is 14.2. The molecule has 0 unspecified atom stereocenters. The number of fused-ring (bicyclic) bond motifs is 14. The topological polar surface area (TPSA) is 32.8 Å². The Morgan fingerprint density at radius 2 is 0.528 bits per heavy atom. The molecule has 0 amide bonds. The van der Waals surface area contributed by atoms with Gasteiger partial charge in [-0.1, -0.05) is 285 Å². The predicted molar refractivity (Wildman–Crippen MR) is 448 cm³/mol. The largest absolute Gasteiger partial charge is 0.456 e. The molecule has 0 atom stereocenters. The van der Waals surface area contributed by atoms with Crippen molar-refractivity contribution in [1.29, 1.82) is 0 Å². The Morgan fingerprint density at radius 3 is 1.14 bits per heavy atom. The van der Waals surface area contributed by atoms with Gasteiger partial charge in [-0.3, -0.25) is 0 Å². The second-order valence-corrected chi connectivity index (χ2v) is 27.8. The van der Waals surface area contributed by atoms with E-state index in [-0.39, 0.29) is 0 Å². The first-order valence-electron chi connectivity index (χ1n) is 36.3. The van der Waals surface area contributed by atoms with Crippen molar-refractivity contribution in [3.63, 3.8) is 0 Å². The molecule has 0 N–H and O–H groups in total.